The van der Waals surface area contributed by atoms with Gasteiger partial charge in [-0.2, -0.15) is 0 Å². The summed E-state index contributed by atoms with van der Waals surface area (Å²) in [7, 11) is 0. The molecule has 108 valence electrons. The maximum absolute atomic E-state index is 13.5. The highest BCUT2D eigenvalue weighted by atomic mass is 19.1. The smallest absolute Gasteiger partial charge is 0.196 e. The first kappa shape index (κ1) is 13.4. The molecule has 0 bridgehead atoms. The lowest BCUT2D eigenvalue weighted by molar-refractivity contribution is -0.0559. The van der Waals surface area contributed by atoms with E-state index in [1.165, 1.54) is 12.1 Å². The topological polar surface area (TPSA) is 50.8 Å². The third kappa shape index (κ3) is 2.16. The highest BCUT2D eigenvalue weighted by Crippen LogP contribution is 2.40. The average Bonchev–Trinajstić information content (AvgIpc) is 2.64. The van der Waals surface area contributed by atoms with Crippen molar-refractivity contribution in [2.45, 2.75) is 44.4 Å². The fourth-order valence-corrected chi connectivity index (χ4v) is 3.59. The molecule has 0 radical (unpaired) electrons. The number of rotatable bonds is 1. The molecule has 1 fully saturated rings. The van der Waals surface area contributed by atoms with Gasteiger partial charge in [-0.15, -0.1) is 0 Å². The first-order chi connectivity index (χ1) is 9.50. The van der Waals surface area contributed by atoms with Crippen LogP contribution < -0.4 is 10.6 Å². The second-order valence-corrected chi connectivity index (χ2v) is 5.88. The number of hydrogen-bond acceptors (Lipinski definition) is 4. The number of nitrogens with two attached hydrogens (primary N) is 1. The second-order valence-electron chi connectivity index (χ2n) is 5.88. The number of aliphatic imine (C=N–C) groups is 1. The standard InChI is InChI=1S/C15H20FN3O/c1-10-7-15(8-11(2)20-10)9-18-14(17)19(15)13-5-3-4-12(16)6-13/h3-6,10-11H,7-9H2,1-2H3,(H2,17,18). The maximum Gasteiger partial charge on any atom is 0.196 e. The predicted octanol–water partition coefficient (Wildman–Crippen LogP) is 2.29. The van der Waals surface area contributed by atoms with Crippen LogP contribution in [0.3, 0.4) is 0 Å². The Morgan fingerprint density at radius 2 is 2.05 bits per heavy atom. The van der Waals surface area contributed by atoms with Crippen molar-refractivity contribution in [1.82, 2.24) is 0 Å². The average molecular weight is 277 g/mol. The number of ether oxygens (including phenoxy) is 1. The van der Waals surface area contributed by atoms with Crippen molar-refractivity contribution in [3.63, 3.8) is 0 Å². The molecule has 2 unspecified atom stereocenters. The Kier molecular flexibility index (Phi) is 3.17. The van der Waals surface area contributed by atoms with Crippen molar-refractivity contribution in [3.05, 3.63) is 30.1 Å². The van der Waals surface area contributed by atoms with Crippen molar-refractivity contribution < 1.29 is 9.13 Å². The molecule has 0 aromatic heterocycles. The lowest BCUT2D eigenvalue weighted by atomic mass is 9.83. The molecule has 0 amide bonds. The van der Waals surface area contributed by atoms with Crippen LogP contribution in [0.1, 0.15) is 26.7 Å². The van der Waals surface area contributed by atoms with Crippen LogP contribution in [0.4, 0.5) is 10.1 Å². The summed E-state index contributed by atoms with van der Waals surface area (Å²) in [5.41, 5.74) is 6.65. The number of halogens is 1. The van der Waals surface area contributed by atoms with Gasteiger partial charge in [0.2, 0.25) is 0 Å². The molecule has 3 rings (SSSR count). The van der Waals surface area contributed by atoms with E-state index in [0.29, 0.717) is 12.5 Å². The van der Waals surface area contributed by atoms with E-state index in [0.717, 1.165) is 18.5 Å². The molecule has 2 heterocycles. The van der Waals surface area contributed by atoms with Crippen molar-refractivity contribution in [1.29, 1.82) is 0 Å². The lowest BCUT2D eigenvalue weighted by Gasteiger charge is -2.46. The van der Waals surface area contributed by atoms with E-state index < -0.39 is 0 Å². The third-order valence-corrected chi connectivity index (χ3v) is 4.10. The first-order valence-electron chi connectivity index (χ1n) is 7.01. The molecule has 2 aliphatic rings. The zero-order valence-corrected chi connectivity index (χ0v) is 11.8. The Labute approximate surface area is 118 Å². The SMILES string of the molecule is CC1CC2(CN=C(N)N2c2cccc(F)c2)CC(C)O1. The summed E-state index contributed by atoms with van der Waals surface area (Å²) in [6, 6.07) is 6.54. The molecule has 1 spiro atoms. The summed E-state index contributed by atoms with van der Waals surface area (Å²) in [4.78, 5) is 6.40. The van der Waals surface area contributed by atoms with Crippen LogP contribution in [-0.4, -0.2) is 30.3 Å². The molecule has 4 nitrogen and oxygen atoms in total. The maximum atomic E-state index is 13.5. The molecular formula is C15H20FN3O. The van der Waals surface area contributed by atoms with Gasteiger partial charge in [0.25, 0.3) is 0 Å². The molecule has 0 saturated carbocycles. The molecule has 2 N–H and O–H groups in total. The van der Waals surface area contributed by atoms with Crippen molar-refractivity contribution in [2.75, 3.05) is 11.4 Å². The fraction of sp³-hybridized carbons (Fsp3) is 0.533. The summed E-state index contributed by atoms with van der Waals surface area (Å²) in [5, 5.41) is 0. The Morgan fingerprint density at radius 1 is 1.35 bits per heavy atom. The highest BCUT2D eigenvalue weighted by Gasteiger charge is 2.48. The van der Waals surface area contributed by atoms with Crippen LogP contribution >= 0.6 is 0 Å². The van der Waals surface area contributed by atoms with Gasteiger partial charge in [-0.25, -0.2) is 4.39 Å². The lowest BCUT2D eigenvalue weighted by Crippen LogP contribution is -2.57. The fourth-order valence-electron chi connectivity index (χ4n) is 3.59. The molecule has 0 aliphatic carbocycles. The largest absolute Gasteiger partial charge is 0.375 e. The summed E-state index contributed by atoms with van der Waals surface area (Å²) >= 11 is 0. The van der Waals surface area contributed by atoms with Gasteiger partial charge in [-0.1, -0.05) is 6.07 Å². The van der Waals surface area contributed by atoms with E-state index >= 15 is 0 Å². The van der Waals surface area contributed by atoms with Crippen LogP contribution in [0, 0.1) is 5.82 Å². The van der Waals surface area contributed by atoms with Crippen molar-refractivity contribution in [3.8, 4) is 0 Å². The predicted molar refractivity (Wildman–Crippen MR) is 77.3 cm³/mol. The van der Waals surface area contributed by atoms with Crippen LogP contribution in [0.25, 0.3) is 0 Å². The zero-order valence-electron chi connectivity index (χ0n) is 11.8. The normalized spacial score (nSPS) is 33.5. The van der Waals surface area contributed by atoms with E-state index in [2.05, 4.69) is 18.8 Å². The minimum Gasteiger partial charge on any atom is -0.375 e. The Morgan fingerprint density at radius 3 is 2.70 bits per heavy atom. The van der Waals surface area contributed by atoms with Crippen LogP contribution in [0.2, 0.25) is 0 Å². The molecule has 2 aliphatic heterocycles. The van der Waals surface area contributed by atoms with Gasteiger partial charge < -0.3 is 15.4 Å². The minimum absolute atomic E-state index is 0.149. The van der Waals surface area contributed by atoms with Crippen molar-refractivity contribution >= 4 is 11.6 Å². The van der Waals surface area contributed by atoms with E-state index in [4.69, 9.17) is 10.5 Å². The monoisotopic (exact) mass is 277 g/mol. The third-order valence-electron chi connectivity index (χ3n) is 4.10. The first-order valence-corrected chi connectivity index (χ1v) is 7.01. The van der Waals surface area contributed by atoms with E-state index in [1.807, 2.05) is 11.0 Å². The van der Waals surface area contributed by atoms with E-state index in [9.17, 15) is 4.39 Å². The van der Waals surface area contributed by atoms with Gasteiger partial charge in [0.15, 0.2) is 5.96 Å². The van der Waals surface area contributed by atoms with Gasteiger partial charge in [0.1, 0.15) is 5.82 Å². The van der Waals surface area contributed by atoms with Crippen LogP contribution in [0.5, 0.6) is 0 Å². The Balaban J connectivity index is 1.99. The number of benzene rings is 1. The molecule has 1 aromatic rings. The highest BCUT2D eigenvalue weighted by molar-refractivity contribution is 5.98. The Bertz CT molecular complexity index is 536. The number of nitrogens with zero attached hydrogens (tertiary/aromatic N) is 2. The Hall–Kier alpha value is -1.62. The molecule has 1 saturated heterocycles. The minimum atomic E-state index is -0.259. The van der Waals surface area contributed by atoms with Gasteiger partial charge in [-0.3, -0.25) is 4.99 Å². The van der Waals surface area contributed by atoms with Crippen LogP contribution in [-0.2, 0) is 4.74 Å². The van der Waals surface area contributed by atoms with Crippen molar-refractivity contribution in [2.24, 2.45) is 10.7 Å². The molecule has 2 atom stereocenters. The summed E-state index contributed by atoms with van der Waals surface area (Å²) in [6.45, 7) is 4.78. The van der Waals surface area contributed by atoms with E-state index in [-0.39, 0.29) is 23.6 Å². The van der Waals surface area contributed by atoms with E-state index in [1.54, 1.807) is 6.07 Å². The molecule has 5 heteroatoms. The zero-order chi connectivity index (χ0) is 14.3. The second kappa shape index (κ2) is 4.74. The van der Waals surface area contributed by atoms with Gasteiger partial charge >= 0.3 is 0 Å². The number of anilines is 1. The number of guanidine groups is 1. The quantitative estimate of drug-likeness (QED) is 0.857. The molecular weight excluding hydrogens is 257 g/mol. The number of hydrogen-bond donors (Lipinski definition) is 1. The van der Waals surface area contributed by atoms with Gasteiger partial charge in [0.05, 0.1) is 24.3 Å². The summed E-state index contributed by atoms with van der Waals surface area (Å²) < 4.78 is 19.3. The van der Waals surface area contributed by atoms with Gasteiger partial charge in [-0.05, 0) is 44.9 Å². The molecule has 20 heavy (non-hydrogen) atoms. The molecule has 1 aromatic carbocycles. The van der Waals surface area contributed by atoms with Gasteiger partial charge in [0, 0.05) is 5.69 Å². The summed E-state index contributed by atoms with van der Waals surface area (Å²) in [5.74, 6) is 0.211. The van der Waals surface area contributed by atoms with Crippen LogP contribution in [0.15, 0.2) is 29.3 Å². The summed E-state index contributed by atoms with van der Waals surface area (Å²) in [6.07, 6.45) is 1.99.